The lowest BCUT2D eigenvalue weighted by Gasteiger charge is -2.07. The van der Waals surface area contributed by atoms with E-state index in [-0.39, 0.29) is 17.7 Å². The molecule has 0 spiro atoms. The lowest BCUT2D eigenvalue weighted by molar-refractivity contribution is 0.0950. The van der Waals surface area contributed by atoms with E-state index in [1.807, 2.05) is 0 Å². The van der Waals surface area contributed by atoms with Crippen LogP contribution in [-0.4, -0.2) is 18.2 Å². The van der Waals surface area contributed by atoms with E-state index in [1.165, 1.54) is 6.07 Å². The highest BCUT2D eigenvalue weighted by Gasteiger charge is 2.22. The molecule has 7 heteroatoms. The first-order chi connectivity index (χ1) is 12.5. The quantitative estimate of drug-likeness (QED) is 0.752. The number of rotatable bonds is 5. The van der Waals surface area contributed by atoms with Gasteiger partial charge < -0.3 is 14.6 Å². The summed E-state index contributed by atoms with van der Waals surface area (Å²) in [6.07, 6.45) is 0. The number of hydrogen-bond donors (Lipinski definition) is 1. The second-order valence-corrected chi connectivity index (χ2v) is 5.62. The second kappa shape index (κ2) is 7.35. The Morgan fingerprint density at radius 2 is 1.92 bits per heavy atom. The van der Waals surface area contributed by atoms with Gasteiger partial charge in [0.25, 0.3) is 5.91 Å². The standard InChI is InChI=1S/C19H16F2N2O3/c1-11-17(18(26-23-11)12-4-7-15(25-2)8-5-12)19(24)22-10-13-3-6-14(20)9-16(13)21/h3-9H,10H2,1-2H3,(H,22,24). The molecule has 3 aromatic rings. The topological polar surface area (TPSA) is 64.4 Å². The van der Waals surface area contributed by atoms with Crippen LogP contribution in [0.1, 0.15) is 21.6 Å². The predicted molar refractivity (Wildman–Crippen MR) is 90.8 cm³/mol. The van der Waals surface area contributed by atoms with E-state index >= 15 is 0 Å². The summed E-state index contributed by atoms with van der Waals surface area (Å²) in [6, 6.07) is 10.2. The molecule has 0 aliphatic rings. The van der Waals surface area contributed by atoms with Gasteiger partial charge in [-0.1, -0.05) is 11.2 Å². The number of aromatic nitrogens is 1. The largest absolute Gasteiger partial charge is 0.497 e. The van der Waals surface area contributed by atoms with Gasteiger partial charge in [0.05, 0.1) is 12.8 Å². The van der Waals surface area contributed by atoms with Crippen molar-refractivity contribution >= 4 is 5.91 Å². The molecule has 1 aromatic heterocycles. The van der Waals surface area contributed by atoms with Crippen LogP contribution in [0.25, 0.3) is 11.3 Å². The van der Waals surface area contributed by atoms with Gasteiger partial charge in [-0.05, 0) is 37.3 Å². The van der Waals surface area contributed by atoms with Crippen LogP contribution in [0.3, 0.4) is 0 Å². The molecule has 0 atom stereocenters. The van der Waals surface area contributed by atoms with Crippen LogP contribution in [0.2, 0.25) is 0 Å². The van der Waals surface area contributed by atoms with E-state index in [0.717, 1.165) is 12.1 Å². The van der Waals surface area contributed by atoms with E-state index in [0.29, 0.717) is 22.8 Å². The summed E-state index contributed by atoms with van der Waals surface area (Å²) in [6.45, 7) is 1.56. The van der Waals surface area contributed by atoms with Crippen molar-refractivity contribution in [2.75, 3.05) is 7.11 Å². The van der Waals surface area contributed by atoms with Crippen LogP contribution in [0.15, 0.2) is 47.0 Å². The van der Waals surface area contributed by atoms with E-state index < -0.39 is 17.5 Å². The number of benzene rings is 2. The minimum Gasteiger partial charge on any atom is -0.497 e. The number of halogens is 2. The van der Waals surface area contributed by atoms with Gasteiger partial charge >= 0.3 is 0 Å². The highest BCUT2D eigenvalue weighted by molar-refractivity contribution is 6.00. The summed E-state index contributed by atoms with van der Waals surface area (Å²) in [5, 5.41) is 6.46. The number of methoxy groups -OCH3 is 1. The van der Waals surface area contributed by atoms with Gasteiger partial charge in [-0.15, -0.1) is 0 Å². The average Bonchev–Trinajstić information content (AvgIpc) is 3.02. The van der Waals surface area contributed by atoms with E-state index in [4.69, 9.17) is 9.26 Å². The Kier molecular flexibility index (Phi) is 4.97. The number of carbonyl (C=O) groups is 1. The molecule has 0 fully saturated rings. The SMILES string of the molecule is COc1ccc(-c2onc(C)c2C(=O)NCc2ccc(F)cc2F)cc1. The molecule has 0 bridgehead atoms. The fourth-order valence-electron chi connectivity index (χ4n) is 2.51. The van der Waals surface area contributed by atoms with Crippen LogP contribution >= 0.6 is 0 Å². The molecule has 5 nitrogen and oxygen atoms in total. The van der Waals surface area contributed by atoms with Gasteiger partial charge in [-0.2, -0.15) is 0 Å². The Morgan fingerprint density at radius 3 is 2.58 bits per heavy atom. The average molecular weight is 358 g/mol. The smallest absolute Gasteiger partial charge is 0.257 e. The highest BCUT2D eigenvalue weighted by Crippen LogP contribution is 2.28. The Labute approximate surface area is 148 Å². The van der Waals surface area contributed by atoms with Gasteiger partial charge in [0.2, 0.25) is 0 Å². The summed E-state index contributed by atoms with van der Waals surface area (Å²) in [5.74, 6) is -0.875. The normalized spacial score (nSPS) is 10.6. The van der Waals surface area contributed by atoms with Crippen LogP contribution in [-0.2, 0) is 6.54 Å². The van der Waals surface area contributed by atoms with Gasteiger partial charge in [-0.25, -0.2) is 8.78 Å². The predicted octanol–water partition coefficient (Wildman–Crippen LogP) is 3.87. The fourth-order valence-corrected chi connectivity index (χ4v) is 2.51. The third kappa shape index (κ3) is 3.56. The summed E-state index contributed by atoms with van der Waals surface area (Å²) in [4.78, 5) is 12.6. The van der Waals surface area contributed by atoms with Crippen molar-refractivity contribution in [3.8, 4) is 17.1 Å². The molecule has 2 aromatic carbocycles. The Hall–Kier alpha value is -3.22. The van der Waals surface area contributed by atoms with E-state index in [2.05, 4.69) is 10.5 Å². The molecule has 134 valence electrons. The second-order valence-electron chi connectivity index (χ2n) is 5.62. The number of aryl methyl sites for hydroxylation is 1. The zero-order valence-corrected chi connectivity index (χ0v) is 14.2. The summed E-state index contributed by atoms with van der Waals surface area (Å²) < 4.78 is 37.1. The highest BCUT2D eigenvalue weighted by atomic mass is 19.1. The molecule has 1 amide bonds. The zero-order chi connectivity index (χ0) is 18.7. The third-order valence-electron chi connectivity index (χ3n) is 3.90. The number of carbonyl (C=O) groups excluding carboxylic acids is 1. The summed E-state index contributed by atoms with van der Waals surface area (Å²) in [7, 11) is 1.56. The minimum atomic E-state index is -0.720. The molecule has 0 saturated heterocycles. The minimum absolute atomic E-state index is 0.0857. The molecule has 0 aliphatic heterocycles. The monoisotopic (exact) mass is 358 g/mol. The first-order valence-corrected chi connectivity index (χ1v) is 7.82. The molecule has 1 N–H and O–H groups in total. The molecule has 3 rings (SSSR count). The third-order valence-corrected chi connectivity index (χ3v) is 3.90. The first-order valence-electron chi connectivity index (χ1n) is 7.82. The fraction of sp³-hybridized carbons (Fsp3) is 0.158. The number of amides is 1. The van der Waals surface area contributed by atoms with Crippen molar-refractivity contribution in [3.63, 3.8) is 0 Å². The van der Waals surface area contributed by atoms with Crippen molar-refractivity contribution < 1.29 is 22.8 Å². The molecule has 0 saturated carbocycles. The maximum Gasteiger partial charge on any atom is 0.257 e. The molecule has 1 heterocycles. The number of hydrogen-bond acceptors (Lipinski definition) is 4. The van der Waals surface area contributed by atoms with Gasteiger partial charge in [0.1, 0.15) is 22.9 Å². The van der Waals surface area contributed by atoms with Crippen molar-refractivity contribution in [1.29, 1.82) is 0 Å². The van der Waals surface area contributed by atoms with E-state index in [1.54, 1.807) is 38.3 Å². The van der Waals surface area contributed by atoms with Gasteiger partial charge in [0.15, 0.2) is 5.76 Å². The lowest BCUT2D eigenvalue weighted by Crippen LogP contribution is -2.24. The maximum atomic E-state index is 13.7. The van der Waals surface area contributed by atoms with E-state index in [9.17, 15) is 13.6 Å². The molecule has 0 radical (unpaired) electrons. The van der Waals surface area contributed by atoms with Crippen molar-refractivity contribution in [2.24, 2.45) is 0 Å². The van der Waals surface area contributed by atoms with Gasteiger partial charge in [0, 0.05) is 23.7 Å². The van der Waals surface area contributed by atoms with Crippen molar-refractivity contribution in [3.05, 3.63) is 70.9 Å². The lowest BCUT2D eigenvalue weighted by atomic mass is 10.1. The van der Waals surface area contributed by atoms with Crippen LogP contribution in [0, 0.1) is 18.6 Å². The molecule has 26 heavy (non-hydrogen) atoms. The molecule has 0 unspecified atom stereocenters. The number of ether oxygens (including phenoxy) is 1. The maximum absolute atomic E-state index is 13.7. The molecule has 0 aliphatic carbocycles. The summed E-state index contributed by atoms with van der Waals surface area (Å²) >= 11 is 0. The van der Waals surface area contributed by atoms with Crippen molar-refractivity contribution in [2.45, 2.75) is 13.5 Å². The number of nitrogens with one attached hydrogen (secondary N) is 1. The molecular weight excluding hydrogens is 342 g/mol. The molecular formula is C19H16F2N2O3. The Balaban J connectivity index is 1.82. The Bertz CT molecular complexity index is 936. The zero-order valence-electron chi connectivity index (χ0n) is 14.2. The van der Waals surface area contributed by atoms with Crippen molar-refractivity contribution in [1.82, 2.24) is 10.5 Å². The van der Waals surface area contributed by atoms with Crippen LogP contribution < -0.4 is 10.1 Å². The van der Waals surface area contributed by atoms with Crippen LogP contribution in [0.5, 0.6) is 5.75 Å². The first kappa shape index (κ1) is 17.6. The Morgan fingerprint density at radius 1 is 1.19 bits per heavy atom. The van der Waals surface area contributed by atoms with Gasteiger partial charge in [-0.3, -0.25) is 4.79 Å². The number of nitrogens with zero attached hydrogens (tertiary/aromatic N) is 1. The van der Waals surface area contributed by atoms with Crippen LogP contribution in [0.4, 0.5) is 8.78 Å². The summed E-state index contributed by atoms with van der Waals surface area (Å²) in [5.41, 5.74) is 1.51.